The van der Waals surface area contributed by atoms with Crippen LogP contribution in [0.1, 0.15) is 6.92 Å². The molecule has 0 spiro atoms. The number of hydrogen-bond donors (Lipinski definition) is 1. The number of nitrogens with one attached hydrogen (secondary N) is 1. The van der Waals surface area contributed by atoms with Crippen LogP contribution in [-0.2, 0) is 0 Å². The van der Waals surface area contributed by atoms with Crippen LogP contribution in [-0.4, -0.2) is 11.7 Å². The second kappa shape index (κ2) is 6.29. The SMILES string of the molecule is CCN(C(=S)Nc1ccccc1)c1ccc(F)cc1. The van der Waals surface area contributed by atoms with Crippen molar-refractivity contribution in [3.63, 3.8) is 0 Å². The van der Waals surface area contributed by atoms with Gasteiger partial charge in [0.15, 0.2) is 5.11 Å². The van der Waals surface area contributed by atoms with Gasteiger partial charge >= 0.3 is 0 Å². The Morgan fingerprint density at radius 2 is 1.74 bits per heavy atom. The van der Waals surface area contributed by atoms with E-state index in [1.54, 1.807) is 12.1 Å². The zero-order valence-electron chi connectivity index (χ0n) is 10.6. The van der Waals surface area contributed by atoms with Crippen LogP contribution < -0.4 is 10.2 Å². The predicted octanol–water partition coefficient (Wildman–Crippen LogP) is 4.05. The monoisotopic (exact) mass is 274 g/mol. The fourth-order valence-corrected chi connectivity index (χ4v) is 2.13. The quantitative estimate of drug-likeness (QED) is 0.850. The molecule has 0 aromatic heterocycles. The number of thiocarbonyl (C=S) groups is 1. The van der Waals surface area contributed by atoms with E-state index in [1.807, 2.05) is 42.2 Å². The highest BCUT2D eigenvalue weighted by atomic mass is 32.1. The Balaban J connectivity index is 2.13. The zero-order valence-corrected chi connectivity index (χ0v) is 11.5. The van der Waals surface area contributed by atoms with Gasteiger partial charge in [-0.2, -0.15) is 0 Å². The number of rotatable bonds is 3. The Kier molecular flexibility index (Phi) is 4.47. The molecule has 0 heterocycles. The average Bonchev–Trinajstić information content (AvgIpc) is 2.43. The summed E-state index contributed by atoms with van der Waals surface area (Å²) in [6.07, 6.45) is 0. The van der Waals surface area contributed by atoms with E-state index in [0.29, 0.717) is 11.7 Å². The Labute approximate surface area is 117 Å². The molecule has 2 aromatic rings. The molecule has 1 N–H and O–H groups in total. The lowest BCUT2D eigenvalue weighted by molar-refractivity contribution is 0.628. The Bertz CT molecular complexity index is 540. The van der Waals surface area contributed by atoms with Crippen LogP contribution in [0, 0.1) is 5.82 Å². The minimum Gasteiger partial charge on any atom is -0.332 e. The first-order chi connectivity index (χ1) is 9.20. The molecule has 0 fully saturated rings. The van der Waals surface area contributed by atoms with Gasteiger partial charge in [-0.1, -0.05) is 18.2 Å². The molecule has 0 bridgehead atoms. The van der Waals surface area contributed by atoms with E-state index in [1.165, 1.54) is 12.1 Å². The van der Waals surface area contributed by atoms with Crippen molar-refractivity contribution in [2.75, 3.05) is 16.8 Å². The molecule has 0 aliphatic heterocycles. The molecule has 0 amide bonds. The van der Waals surface area contributed by atoms with Crippen molar-refractivity contribution in [3.05, 3.63) is 60.4 Å². The van der Waals surface area contributed by atoms with Crippen LogP contribution in [0.5, 0.6) is 0 Å². The molecule has 0 atom stereocenters. The van der Waals surface area contributed by atoms with Crippen LogP contribution in [0.25, 0.3) is 0 Å². The zero-order chi connectivity index (χ0) is 13.7. The van der Waals surface area contributed by atoms with E-state index in [9.17, 15) is 4.39 Å². The highest BCUT2D eigenvalue weighted by molar-refractivity contribution is 7.80. The Hall–Kier alpha value is -1.94. The third kappa shape index (κ3) is 3.51. The van der Waals surface area contributed by atoms with E-state index >= 15 is 0 Å². The third-order valence-corrected chi connectivity index (χ3v) is 3.05. The summed E-state index contributed by atoms with van der Waals surface area (Å²) in [5.74, 6) is -0.248. The first kappa shape index (κ1) is 13.5. The molecule has 0 saturated carbocycles. The number of hydrogen-bond acceptors (Lipinski definition) is 1. The highest BCUT2D eigenvalue weighted by Gasteiger charge is 2.10. The molecule has 0 aliphatic rings. The third-order valence-electron chi connectivity index (χ3n) is 2.72. The molecule has 0 saturated heterocycles. The topological polar surface area (TPSA) is 15.3 Å². The van der Waals surface area contributed by atoms with Crippen molar-refractivity contribution in [1.29, 1.82) is 0 Å². The minimum absolute atomic E-state index is 0.248. The van der Waals surface area contributed by atoms with Gasteiger partial charge < -0.3 is 10.2 Å². The first-order valence-electron chi connectivity index (χ1n) is 6.10. The molecule has 0 radical (unpaired) electrons. The maximum atomic E-state index is 12.9. The smallest absolute Gasteiger partial charge is 0.177 e. The number of nitrogens with zero attached hydrogens (tertiary/aromatic N) is 1. The number of para-hydroxylation sites is 1. The molecular weight excluding hydrogens is 259 g/mol. The Morgan fingerprint density at radius 1 is 1.11 bits per heavy atom. The highest BCUT2D eigenvalue weighted by Crippen LogP contribution is 2.16. The van der Waals surface area contributed by atoms with Gasteiger partial charge in [0.2, 0.25) is 0 Å². The molecule has 2 aromatic carbocycles. The van der Waals surface area contributed by atoms with Crippen LogP contribution in [0.15, 0.2) is 54.6 Å². The predicted molar refractivity (Wildman–Crippen MR) is 82.1 cm³/mol. The summed E-state index contributed by atoms with van der Waals surface area (Å²) < 4.78 is 12.9. The summed E-state index contributed by atoms with van der Waals surface area (Å²) in [6, 6.07) is 16.0. The molecule has 2 nitrogen and oxygen atoms in total. The van der Waals surface area contributed by atoms with Crippen LogP contribution in [0.2, 0.25) is 0 Å². The minimum atomic E-state index is -0.248. The summed E-state index contributed by atoms with van der Waals surface area (Å²) in [5, 5.41) is 3.77. The summed E-state index contributed by atoms with van der Waals surface area (Å²) in [5.41, 5.74) is 1.81. The van der Waals surface area contributed by atoms with Crippen molar-refractivity contribution in [2.24, 2.45) is 0 Å². The lowest BCUT2D eigenvalue weighted by Gasteiger charge is -2.24. The lowest BCUT2D eigenvalue weighted by Crippen LogP contribution is -2.34. The molecule has 4 heteroatoms. The van der Waals surface area contributed by atoms with Gasteiger partial charge in [0.25, 0.3) is 0 Å². The normalized spacial score (nSPS) is 10.0. The molecule has 98 valence electrons. The van der Waals surface area contributed by atoms with E-state index in [4.69, 9.17) is 12.2 Å². The van der Waals surface area contributed by atoms with Gasteiger partial charge in [-0.25, -0.2) is 4.39 Å². The van der Waals surface area contributed by atoms with Crippen molar-refractivity contribution < 1.29 is 4.39 Å². The molecule has 2 rings (SSSR count). The fourth-order valence-electron chi connectivity index (χ4n) is 1.78. The van der Waals surface area contributed by atoms with Crippen molar-refractivity contribution in [1.82, 2.24) is 0 Å². The average molecular weight is 274 g/mol. The fraction of sp³-hybridized carbons (Fsp3) is 0.133. The summed E-state index contributed by atoms with van der Waals surface area (Å²) in [7, 11) is 0. The van der Waals surface area contributed by atoms with Gasteiger partial charge in [0.05, 0.1) is 0 Å². The van der Waals surface area contributed by atoms with Gasteiger partial charge in [-0.05, 0) is 55.5 Å². The second-order valence-electron chi connectivity index (χ2n) is 4.02. The van der Waals surface area contributed by atoms with Crippen molar-refractivity contribution >= 4 is 28.7 Å². The van der Waals surface area contributed by atoms with Gasteiger partial charge in [0, 0.05) is 17.9 Å². The Morgan fingerprint density at radius 3 is 2.32 bits per heavy atom. The number of benzene rings is 2. The van der Waals surface area contributed by atoms with E-state index < -0.39 is 0 Å². The van der Waals surface area contributed by atoms with Crippen LogP contribution in [0.3, 0.4) is 0 Å². The standard InChI is InChI=1S/C15H15FN2S/c1-2-18(14-10-8-12(16)9-11-14)15(19)17-13-6-4-3-5-7-13/h3-11H,2H2,1H3,(H,17,19). The maximum absolute atomic E-state index is 12.9. The van der Waals surface area contributed by atoms with E-state index in [-0.39, 0.29) is 5.82 Å². The molecule has 0 aliphatic carbocycles. The first-order valence-corrected chi connectivity index (χ1v) is 6.50. The summed E-state index contributed by atoms with van der Waals surface area (Å²) in [6.45, 7) is 2.71. The van der Waals surface area contributed by atoms with Gasteiger partial charge in [-0.3, -0.25) is 0 Å². The molecule has 19 heavy (non-hydrogen) atoms. The summed E-state index contributed by atoms with van der Waals surface area (Å²) >= 11 is 5.39. The number of halogens is 1. The van der Waals surface area contributed by atoms with Gasteiger partial charge in [-0.15, -0.1) is 0 Å². The van der Waals surface area contributed by atoms with Crippen molar-refractivity contribution in [2.45, 2.75) is 6.92 Å². The van der Waals surface area contributed by atoms with E-state index in [0.717, 1.165) is 11.4 Å². The van der Waals surface area contributed by atoms with Crippen LogP contribution >= 0.6 is 12.2 Å². The molecular formula is C15H15FN2S. The number of anilines is 2. The maximum Gasteiger partial charge on any atom is 0.177 e. The molecule has 0 unspecified atom stereocenters. The lowest BCUT2D eigenvalue weighted by atomic mass is 10.3. The van der Waals surface area contributed by atoms with Gasteiger partial charge in [0.1, 0.15) is 5.82 Å². The van der Waals surface area contributed by atoms with Crippen molar-refractivity contribution in [3.8, 4) is 0 Å². The second-order valence-corrected chi connectivity index (χ2v) is 4.40. The van der Waals surface area contributed by atoms with Crippen LogP contribution in [0.4, 0.5) is 15.8 Å². The summed E-state index contributed by atoms with van der Waals surface area (Å²) in [4.78, 5) is 1.92. The van der Waals surface area contributed by atoms with E-state index in [2.05, 4.69) is 5.32 Å². The largest absolute Gasteiger partial charge is 0.332 e.